The maximum atomic E-state index is 12.5. The van der Waals surface area contributed by atoms with E-state index in [1.807, 2.05) is 0 Å². The Kier molecular flexibility index (Phi) is 6.16. The lowest BCUT2D eigenvalue weighted by atomic mass is 10.2. The smallest absolute Gasteiger partial charge is 0.395 e. The van der Waals surface area contributed by atoms with Gasteiger partial charge in [-0.2, -0.15) is 13.2 Å². The van der Waals surface area contributed by atoms with E-state index in [-0.39, 0.29) is 0 Å². The number of aromatic nitrogens is 1. The zero-order valence-electron chi connectivity index (χ0n) is 16.2. The minimum atomic E-state index is -4.63. The Balaban J connectivity index is 1.90. The molecule has 1 heterocycles. The molecule has 0 spiro atoms. The number of benzene rings is 2. The first-order chi connectivity index (χ1) is 14.5. The fourth-order valence-corrected chi connectivity index (χ4v) is 3.17. The molecule has 0 bridgehead atoms. The van der Waals surface area contributed by atoms with E-state index in [2.05, 4.69) is 20.0 Å². The second kappa shape index (κ2) is 8.64. The Morgan fingerprint density at radius 1 is 1.10 bits per heavy atom. The molecule has 7 nitrogen and oxygen atoms in total. The van der Waals surface area contributed by atoms with Gasteiger partial charge in [-0.25, -0.2) is 13.4 Å². The fourth-order valence-electron chi connectivity index (χ4n) is 2.60. The van der Waals surface area contributed by atoms with Crippen LogP contribution in [-0.2, 0) is 10.0 Å². The van der Waals surface area contributed by atoms with Crippen molar-refractivity contribution in [3.8, 4) is 0 Å². The van der Waals surface area contributed by atoms with Crippen molar-refractivity contribution >= 4 is 50.0 Å². The summed E-state index contributed by atoms with van der Waals surface area (Å²) in [6, 6.07) is 15.1. The quantitative estimate of drug-likeness (QED) is 0.482. The summed E-state index contributed by atoms with van der Waals surface area (Å²) >= 11 is 0. The Morgan fingerprint density at radius 2 is 1.74 bits per heavy atom. The van der Waals surface area contributed by atoms with Gasteiger partial charge in [0.15, 0.2) is 0 Å². The van der Waals surface area contributed by atoms with Crippen LogP contribution in [0.15, 0.2) is 71.4 Å². The molecule has 0 aliphatic carbocycles. The van der Waals surface area contributed by atoms with Gasteiger partial charge in [0.2, 0.25) is 10.0 Å². The first kappa shape index (κ1) is 22.1. The van der Waals surface area contributed by atoms with Crippen molar-refractivity contribution in [2.75, 3.05) is 16.3 Å². The van der Waals surface area contributed by atoms with Gasteiger partial charge in [0.25, 0.3) is 0 Å². The van der Waals surface area contributed by atoms with Crippen LogP contribution in [-0.4, -0.2) is 32.0 Å². The molecule has 11 heteroatoms. The van der Waals surface area contributed by atoms with E-state index in [0.717, 1.165) is 12.5 Å². The number of nitrogens with one attached hydrogen (secondary N) is 2. The van der Waals surface area contributed by atoms with Crippen molar-refractivity contribution in [1.82, 2.24) is 4.98 Å². The van der Waals surface area contributed by atoms with Crippen molar-refractivity contribution in [3.05, 3.63) is 66.4 Å². The van der Waals surface area contributed by atoms with Gasteiger partial charge in [-0.1, -0.05) is 18.2 Å². The van der Waals surface area contributed by atoms with Gasteiger partial charge < -0.3 is 11.1 Å². The van der Waals surface area contributed by atoms with Crippen LogP contribution in [0.2, 0.25) is 0 Å². The number of para-hydroxylation sites is 1. The average molecular weight is 449 g/mol. The van der Waals surface area contributed by atoms with E-state index in [1.165, 1.54) is 0 Å². The minimum Gasteiger partial charge on any atom is -0.395 e. The lowest BCUT2D eigenvalue weighted by Gasteiger charge is -2.10. The molecule has 162 valence electrons. The molecule has 0 aliphatic heterocycles. The molecule has 0 saturated carbocycles. The number of nitrogens with two attached hydrogens (primary N) is 1. The highest BCUT2D eigenvalue weighted by atomic mass is 32.2. The number of hydrogen-bond acceptors (Lipinski definition) is 6. The third-order valence-electron chi connectivity index (χ3n) is 3.95. The summed E-state index contributed by atoms with van der Waals surface area (Å²) in [7, 11) is -3.39. The molecule has 0 atom stereocenters. The van der Waals surface area contributed by atoms with Gasteiger partial charge in [-0.15, -0.1) is 0 Å². The second-order valence-electron chi connectivity index (χ2n) is 6.52. The standard InChI is InChI=1S/C20H18F3N5O2S/c1-31(29,30)28-14-8-6-13(7-9-14)26-19-12-17(15-4-2-3-5-16(15)27-19)25-11-10-18(24)20(21,22)23/h2-12,28H,24H2,1H3,(H,26,27). The first-order valence-electron chi connectivity index (χ1n) is 8.83. The average Bonchev–Trinajstić information content (AvgIpc) is 2.67. The molecule has 0 aliphatic rings. The maximum Gasteiger partial charge on any atom is 0.430 e. The number of pyridine rings is 1. The molecule has 31 heavy (non-hydrogen) atoms. The van der Waals surface area contributed by atoms with Gasteiger partial charge in [-0.3, -0.25) is 9.71 Å². The molecule has 1 aromatic heterocycles. The highest BCUT2D eigenvalue weighted by Crippen LogP contribution is 2.29. The summed E-state index contributed by atoms with van der Waals surface area (Å²) in [4.78, 5) is 8.59. The largest absolute Gasteiger partial charge is 0.430 e. The summed E-state index contributed by atoms with van der Waals surface area (Å²) in [6.45, 7) is 0. The number of hydrogen-bond donors (Lipinski definition) is 3. The molecular formula is C20H18F3N5O2S. The predicted molar refractivity (Wildman–Crippen MR) is 116 cm³/mol. The van der Waals surface area contributed by atoms with Crippen LogP contribution in [0.25, 0.3) is 10.9 Å². The predicted octanol–water partition coefficient (Wildman–Crippen LogP) is 4.46. The van der Waals surface area contributed by atoms with Crippen LogP contribution in [0.1, 0.15) is 0 Å². The summed E-state index contributed by atoms with van der Waals surface area (Å²) in [5.74, 6) is 0.405. The normalized spacial score (nSPS) is 13.0. The van der Waals surface area contributed by atoms with Crippen LogP contribution in [0.3, 0.4) is 0 Å². The monoisotopic (exact) mass is 449 g/mol. The highest BCUT2D eigenvalue weighted by molar-refractivity contribution is 7.92. The number of aliphatic imine (C=N–C) groups is 1. The van der Waals surface area contributed by atoms with Gasteiger partial charge >= 0.3 is 6.18 Å². The Morgan fingerprint density at radius 3 is 2.39 bits per heavy atom. The van der Waals surface area contributed by atoms with Crippen molar-refractivity contribution < 1.29 is 21.6 Å². The van der Waals surface area contributed by atoms with Gasteiger partial charge in [0.05, 0.1) is 17.5 Å². The zero-order chi connectivity index (χ0) is 22.6. The highest BCUT2D eigenvalue weighted by Gasteiger charge is 2.30. The number of rotatable bonds is 6. The molecular weight excluding hydrogens is 431 g/mol. The van der Waals surface area contributed by atoms with Crippen molar-refractivity contribution in [2.24, 2.45) is 10.7 Å². The molecule has 2 aromatic carbocycles. The number of allylic oxidation sites excluding steroid dienone is 2. The molecule has 0 unspecified atom stereocenters. The third-order valence-corrected chi connectivity index (χ3v) is 4.56. The molecule has 0 fully saturated rings. The molecule has 3 aromatic rings. The van der Waals surface area contributed by atoms with E-state index in [4.69, 9.17) is 5.73 Å². The van der Waals surface area contributed by atoms with Gasteiger partial charge in [0.1, 0.15) is 11.5 Å². The third kappa shape index (κ3) is 6.19. The van der Waals surface area contributed by atoms with Gasteiger partial charge in [0, 0.05) is 29.0 Å². The topological polar surface area (TPSA) is 109 Å². The molecule has 0 amide bonds. The SMILES string of the molecule is CS(=O)(=O)Nc1ccc(Nc2cc(N=CC=C(N)C(F)(F)F)c3ccccc3n2)cc1. The summed E-state index contributed by atoms with van der Waals surface area (Å²) in [5, 5.41) is 3.72. The lowest BCUT2D eigenvalue weighted by molar-refractivity contribution is -0.0925. The van der Waals surface area contributed by atoms with E-state index >= 15 is 0 Å². The summed E-state index contributed by atoms with van der Waals surface area (Å²) in [6.07, 6.45) is -1.90. The molecule has 0 saturated heterocycles. The second-order valence-corrected chi connectivity index (χ2v) is 8.27. The van der Waals surface area contributed by atoms with Crippen molar-refractivity contribution in [1.29, 1.82) is 0 Å². The molecule has 4 N–H and O–H groups in total. The number of fused-ring (bicyclic) bond motifs is 1. The van der Waals surface area contributed by atoms with Gasteiger partial charge in [-0.05, 0) is 36.4 Å². The number of anilines is 3. The van der Waals surface area contributed by atoms with Crippen LogP contribution < -0.4 is 15.8 Å². The van der Waals surface area contributed by atoms with Crippen molar-refractivity contribution in [2.45, 2.75) is 6.18 Å². The van der Waals surface area contributed by atoms with Crippen molar-refractivity contribution in [3.63, 3.8) is 0 Å². The Bertz CT molecular complexity index is 1250. The van der Waals surface area contributed by atoms with E-state index < -0.39 is 21.9 Å². The number of nitrogens with zero attached hydrogens (tertiary/aromatic N) is 2. The molecule has 0 radical (unpaired) electrons. The van der Waals surface area contributed by atoms with E-state index in [1.54, 1.807) is 54.6 Å². The summed E-state index contributed by atoms with van der Waals surface area (Å²) < 4.78 is 62.6. The number of alkyl halides is 3. The molecule has 3 rings (SSSR count). The van der Waals surface area contributed by atoms with Crippen LogP contribution in [0.5, 0.6) is 0 Å². The van der Waals surface area contributed by atoms with Crippen LogP contribution in [0.4, 0.5) is 36.1 Å². The summed E-state index contributed by atoms with van der Waals surface area (Å²) in [5.41, 5.74) is 5.74. The van der Waals surface area contributed by atoms with Crippen LogP contribution >= 0.6 is 0 Å². The van der Waals surface area contributed by atoms with E-state index in [9.17, 15) is 21.6 Å². The van der Waals surface area contributed by atoms with E-state index in [0.29, 0.717) is 39.9 Å². The van der Waals surface area contributed by atoms with Crippen LogP contribution in [0, 0.1) is 0 Å². The lowest BCUT2D eigenvalue weighted by Crippen LogP contribution is -2.19. The number of sulfonamides is 1. The fraction of sp³-hybridized carbons (Fsp3) is 0.100. The number of halogens is 3. The zero-order valence-corrected chi connectivity index (χ0v) is 17.0. The minimum absolute atomic E-state index is 0.398. The Hall–Kier alpha value is -3.60. The Labute approximate surface area is 176 Å². The maximum absolute atomic E-state index is 12.5. The first-order valence-corrected chi connectivity index (χ1v) is 10.7.